The first-order valence-electron chi connectivity index (χ1n) is 12.9. The lowest BCUT2D eigenvalue weighted by Gasteiger charge is -2.39. The normalized spacial score (nSPS) is 18.7. The van der Waals surface area contributed by atoms with Crippen molar-refractivity contribution in [3.63, 3.8) is 0 Å². The molecule has 1 atom stereocenters. The fraction of sp³-hybridized carbons (Fsp3) is 0.462. The van der Waals surface area contributed by atoms with Gasteiger partial charge in [-0.3, -0.25) is 9.48 Å². The number of carbonyl (C=O) groups excluding carboxylic acids is 1. The van der Waals surface area contributed by atoms with Crippen LogP contribution in [0.15, 0.2) is 30.7 Å². The number of aryl methyl sites for hydroxylation is 1. The number of piperazine rings is 1. The van der Waals surface area contributed by atoms with Gasteiger partial charge in [-0.1, -0.05) is 0 Å². The minimum atomic E-state index is -4.82. The average molecular weight is 563 g/mol. The van der Waals surface area contributed by atoms with Crippen LogP contribution in [0.25, 0.3) is 11.1 Å². The molecule has 2 aliphatic heterocycles. The maximum absolute atomic E-state index is 15.6. The average Bonchev–Trinajstić information content (AvgIpc) is 3.34. The molecule has 10 nitrogen and oxygen atoms in total. The van der Waals surface area contributed by atoms with Gasteiger partial charge < -0.3 is 24.8 Å². The molecule has 0 aliphatic carbocycles. The van der Waals surface area contributed by atoms with Crippen molar-refractivity contribution in [2.45, 2.75) is 19.1 Å². The van der Waals surface area contributed by atoms with Gasteiger partial charge in [0.1, 0.15) is 5.82 Å². The first-order chi connectivity index (χ1) is 19.0. The van der Waals surface area contributed by atoms with E-state index in [9.17, 15) is 18.0 Å². The second kappa shape index (κ2) is 11.0. The highest BCUT2D eigenvalue weighted by Gasteiger charge is 2.39. The molecular formula is C26H30F4N8O2. The predicted molar refractivity (Wildman–Crippen MR) is 141 cm³/mol. The van der Waals surface area contributed by atoms with Crippen molar-refractivity contribution < 1.29 is 27.1 Å². The van der Waals surface area contributed by atoms with Crippen LogP contribution in [0.5, 0.6) is 0 Å². The number of hydrogen-bond donors (Lipinski definition) is 1. The summed E-state index contributed by atoms with van der Waals surface area (Å²) >= 11 is 0. The third-order valence-electron chi connectivity index (χ3n) is 7.22. The van der Waals surface area contributed by atoms with Crippen molar-refractivity contribution in [1.82, 2.24) is 24.6 Å². The third-order valence-corrected chi connectivity index (χ3v) is 7.22. The second-order valence-corrected chi connectivity index (χ2v) is 10.0. The van der Waals surface area contributed by atoms with Crippen molar-refractivity contribution in [2.75, 3.05) is 68.1 Å². The Kier molecular flexibility index (Phi) is 7.64. The van der Waals surface area contributed by atoms with E-state index in [1.165, 1.54) is 31.6 Å². The van der Waals surface area contributed by atoms with Crippen LogP contribution in [0.4, 0.5) is 34.9 Å². The smallest absolute Gasteiger partial charge is 0.378 e. The molecular weight excluding hydrogens is 532 g/mol. The summed E-state index contributed by atoms with van der Waals surface area (Å²) in [7, 11) is 3.29. The highest BCUT2D eigenvalue weighted by atomic mass is 19.4. The minimum absolute atomic E-state index is 0.108. The number of hydrogen-bond acceptors (Lipinski definition) is 8. The van der Waals surface area contributed by atoms with Crippen LogP contribution in [-0.2, 0) is 18.0 Å². The number of nitrogens with one attached hydrogen (secondary N) is 1. The molecule has 2 aromatic heterocycles. The Morgan fingerprint density at radius 1 is 1.05 bits per heavy atom. The molecule has 40 heavy (non-hydrogen) atoms. The molecule has 0 spiro atoms. The summed E-state index contributed by atoms with van der Waals surface area (Å²) in [5.74, 6) is -1.08. The molecule has 0 bridgehead atoms. The highest BCUT2D eigenvalue weighted by Crippen LogP contribution is 2.36. The van der Waals surface area contributed by atoms with E-state index in [4.69, 9.17) is 4.74 Å². The number of amides is 1. The third kappa shape index (κ3) is 5.72. The van der Waals surface area contributed by atoms with Crippen molar-refractivity contribution in [3.05, 3.63) is 47.8 Å². The van der Waals surface area contributed by atoms with E-state index >= 15 is 4.39 Å². The largest absolute Gasteiger partial charge is 0.435 e. The lowest BCUT2D eigenvalue weighted by Crippen LogP contribution is -2.50. The van der Waals surface area contributed by atoms with Gasteiger partial charge >= 0.3 is 6.18 Å². The first-order valence-corrected chi connectivity index (χ1v) is 12.9. The van der Waals surface area contributed by atoms with Gasteiger partial charge in [-0.2, -0.15) is 18.3 Å². The van der Waals surface area contributed by atoms with Crippen molar-refractivity contribution in [2.24, 2.45) is 7.05 Å². The molecule has 14 heteroatoms. The number of nitrogens with zero attached hydrogens (tertiary/aromatic N) is 7. The molecule has 0 saturated carbocycles. The molecule has 214 valence electrons. The Bertz CT molecular complexity index is 1370. The lowest BCUT2D eigenvalue weighted by atomic mass is 10.0. The fourth-order valence-corrected chi connectivity index (χ4v) is 4.85. The van der Waals surface area contributed by atoms with Gasteiger partial charge in [0.05, 0.1) is 30.2 Å². The molecule has 1 aromatic carbocycles. The molecule has 3 aromatic rings. The number of ether oxygens (including phenoxy) is 1. The molecule has 4 heterocycles. The number of halogens is 4. The van der Waals surface area contributed by atoms with Crippen LogP contribution >= 0.6 is 0 Å². The van der Waals surface area contributed by atoms with E-state index in [0.29, 0.717) is 63.1 Å². The summed E-state index contributed by atoms with van der Waals surface area (Å²) < 4.78 is 62.6. The SMILES string of the molecule is C[C@@H]1CN(c2cc(F)c(-c3cnc(N4CCOCC4)nc3)cc2NC(=O)c2cn(C)nc2C(F)(F)F)CCN1C. The zero-order valence-corrected chi connectivity index (χ0v) is 22.4. The predicted octanol–water partition coefficient (Wildman–Crippen LogP) is 3.26. The Morgan fingerprint density at radius 3 is 2.40 bits per heavy atom. The number of anilines is 3. The van der Waals surface area contributed by atoms with Crippen molar-refractivity contribution in [1.29, 1.82) is 0 Å². The van der Waals surface area contributed by atoms with Gasteiger partial charge in [-0.25, -0.2) is 14.4 Å². The molecule has 2 saturated heterocycles. The van der Waals surface area contributed by atoms with Crippen LogP contribution in [0.1, 0.15) is 23.0 Å². The van der Waals surface area contributed by atoms with E-state index < -0.39 is 29.2 Å². The Morgan fingerprint density at radius 2 is 1.75 bits per heavy atom. The maximum atomic E-state index is 15.6. The number of benzene rings is 1. The lowest BCUT2D eigenvalue weighted by molar-refractivity contribution is -0.141. The van der Waals surface area contributed by atoms with Crippen molar-refractivity contribution >= 4 is 23.2 Å². The zero-order chi connectivity index (χ0) is 28.6. The number of aromatic nitrogens is 4. The number of carbonyl (C=O) groups is 1. The van der Waals surface area contributed by atoms with Crippen LogP contribution in [-0.4, -0.2) is 89.6 Å². The van der Waals surface area contributed by atoms with Crippen LogP contribution in [0.2, 0.25) is 0 Å². The molecule has 1 amide bonds. The Labute approximate surface area is 228 Å². The quantitative estimate of drug-likeness (QED) is 0.474. The number of rotatable bonds is 5. The summed E-state index contributed by atoms with van der Waals surface area (Å²) in [5.41, 5.74) is -0.906. The van der Waals surface area contributed by atoms with E-state index in [1.807, 2.05) is 23.8 Å². The standard InChI is InChI=1S/C26H30F4N8O2/c1-16-14-38(5-4-35(16)2)22-11-20(27)18(17-12-31-25(32-13-17)37-6-8-40-9-7-37)10-21(22)33-24(39)19-15-36(3)34-23(19)26(28,29)30/h10-13,15-16H,4-9,14H2,1-3H3,(H,33,39)/t16-/m1/s1. The minimum Gasteiger partial charge on any atom is -0.378 e. The summed E-state index contributed by atoms with van der Waals surface area (Å²) in [5, 5.41) is 6.03. The van der Waals surface area contributed by atoms with E-state index in [-0.39, 0.29) is 17.3 Å². The van der Waals surface area contributed by atoms with Gasteiger partial charge in [0.15, 0.2) is 5.69 Å². The maximum Gasteiger partial charge on any atom is 0.435 e. The fourth-order valence-electron chi connectivity index (χ4n) is 4.85. The van der Waals surface area contributed by atoms with E-state index in [2.05, 4.69) is 25.3 Å². The molecule has 1 N–H and O–H groups in total. The van der Waals surface area contributed by atoms with Crippen LogP contribution in [0, 0.1) is 5.82 Å². The summed E-state index contributed by atoms with van der Waals surface area (Å²) in [6, 6.07) is 2.85. The van der Waals surface area contributed by atoms with Crippen molar-refractivity contribution in [3.8, 4) is 11.1 Å². The van der Waals surface area contributed by atoms with Gasteiger partial charge in [0.2, 0.25) is 5.95 Å². The molecule has 0 unspecified atom stereocenters. The van der Waals surface area contributed by atoms with Crippen LogP contribution < -0.4 is 15.1 Å². The Balaban J connectivity index is 1.51. The number of likely N-dealkylation sites (N-methyl/N-ethyl adjacent to an activating group) is 1. The summed E-state index contributed by atoms with van der Waals surface area (Å²) in [4.78, 5) is 28.0. The van der Waals surface area contributed by atoms with Crippen LogP contribution in [0.3, 0.4) is 0 Å². The molecule has 2 aliphatic rings. The molecule has 0 radical (unpaired) electrons. The summed E-state index contributed by atoms with van der Waals surface area (Å²) in [6.45, 7) is 6.18. The molecule has 5 rings (SSSR count). The van der Waals surface area contributed by atoms with E-state index in [0.717, 1.165) is 10.9 Å². The summed E-state index contributed by atoms with van der Waals surface area (Å²) in [6.07, 6.45) is -0.833. The van der Waals surface area contributed by atoms with Gasteiger partial charge in [-0.05, 0) is 26.1 Å². The number of alkyl halides is 3. The monoisotopic (exact) mass is 562 g/mol. The second-order valence-electron chi connectivity index (χ2n) is 10.0. The van der Waals surface area contributed by atoms with E-state index in [1.54, 1.807) is 0 Å². The van der Waals surface area contributed by atoms with Gasteiger partial charge in [-0.15, -0.1) is 0 Å². The zero-order valence-electron chi connectivity index (χ0n) is 22.4. The highest BCUT2D eigenvalue weighted by molar-refractivity contribution is 6.07. The molecule has 2 fully saturated rings. The Hall–Kier alpha value is -3.78. The first kappa shape index (κ1) is 27.8. The van der Waals surface area contributed by atoms with Gasteiger partial charge in [0.25, 0.3) is 5.91 Å². The topological polar surface area (TPSA) is 91.7 Å². The van der Waals surface area contributed by atoms with Gasteiger partial charge in [0, 0.05) is 75.5 Å². The number of morpholine rings is 1.